The van der Waals surface area contributed by atoms with Gasteiger partial charge in [-0.05, 0) is 49.4 Å². The topological polar surface area (TPSA) is 99.5 Å². The Hall–Kier alpha value is -3.72. The molecule has 0 aliphatic carbocycles. The van der Waals surface area contributed by atoms with Crippen molar-refractivity contribution < 1.29 is 28.2 Å². The average Bonchev–Trinajstić information content (AvgIpc) is 3.05. The molecule has 1 aliphatic rings. The molecular weight excluding hydrogens is 429 g/mol. The molecule has 2 heterocycles. The van der Waals surface area contributed by atoms with E-state index in [-0.39, 0.29) is 28.8 Å². The first-order valence-corrected chi connectivity index (χ1v) is 9.49. The van der Waals surface area contributed by atoms with E-state index in [4.69, 9.17) is 21.1 Å². The highest BCUT2D eigenvalue weighted by Gasteiger charge is 2.24. The molecule has 0 atom stereocenters. The summed E-state index contributed by atoms with van der Waals surface area (Å²) in [6.07, 6.45) is 0. The Morgan fingerprint density at radius 3 is 2.74 bits per heavy atom. The van der Waals surface area contributed by atoms with Gasteiger partial charge in [0.1, 0.15) is 22.3 Å². The number of fused-ring (bicyclic) bond motifs is 1. The van der Waals surface area contributed by atoms with Crippen molar-refractivity contribution >= 4 is 34.9 Å². The second kappa shape index (κ2) is 8.19. The minimum atomic E-state index is -0.821. The molecule has 0 bridgehead atoms. The van der Waals surface area contributed by atoms with Crippen LogP contribution in [0.2, 0.25) is 5.15 Å². The van der Waals surface area contributed by atoms with E-state index in [9.17, 15) is 18.8 Å². The summed E-state index contributed by atoms with van der Waals surface area (Å²) in [6, 6.07) is 9.93. The number of ketones is 1. The van der Waals surface area contributed by atoms with Gasteiger partial charge in [0, 0.05) is 5.56 Å². The molecule has 0 saturated carbocycles. The van der Waals surface area contributed by atoms with Crippen molar-refractivity contribution in [2.45, 2.75) is 6.92 Å². The Morgan fingerprint density at radius 1 is 1.26 bits per heavy atom. The quantitative estimate of drug-likeness (QED) is 0.479. The summed E-state index contributed by atoms with van der Waals surface area (Å²) in [7, 11) is 0. The minimum Gasteiger partial charge on any atom is -0.482 e. The van der Waals surface area contributed by atoms with Crippen LogP contribution in [0.5, 0.6) is 5.75 Å². The third-order valence-electron chi connectivity index (χ3n) is 4.55. The zero-order valence-corrected chi connectivity index (χ0v) is 16.9. The van der Waals surface area contributed by atoms with Gasteiger partial charge in [0.05, 0.1) is 17.1 Å². The van der Waals surface area contributed by atoms with Crippen LogP contribution in [-0.4, -0.2) is 40.7 Å². The molecule has 0 unspecified atom stereocenters. The monoisotopic (exact) mass is 443 g/mol. The Bertz CT molecular complexity index is 1210. The van der Waals surface area contributed by atoms with Crippen molar-refractivity contribution in [3.05, 3.63) is 70.3 Å². The Labute approximate surface area is 180 Å². The predicted molar refractivity (Wildman–Crippen MR) is 108 cm³/mol. The standard InChI is InChI=1S/C21H15ClFN3O5/c1-11-19(20(22)26(25-11)14-5-3-13(23)4-6-14)21(29)31-9-16(27)12-2-7-17-15(8-12)24-18(28)10-30-17/h2-8H,9-10H2,1H3,(H,24,28). The van der Waals surface area contributed by atoms with Crippen LogP contribution in [-0.2, 0) is 9.53 Å². The molecule has 2 aromatic carbocycles. The fourth-order valence-corrected chi connectivity index (χ4v) is 3.38. The summed E-state index contributed by atoms with van der Waals surface area (Å²) < 4.78 is 24.8. The fourth-order valence-electron chi connectivity index (χ4n) is 3.03. The molecule has 1 amide bonds. The number of hydrogen-bond acceptors (Lipinski definition) is 6. The molecule has 10 heteroatoms. The van der Waals surface area contributed by atoms with Crippen LogP contribution in [0.1, 0.15) is 26.4 Å². The summed E-state index contributed by atoms with van der Waals surface area (Å²) in [4.78, 5) is 36.4. The molecule has 0 fully saturated rings. The second-order valence-corrected chi connectivity index (χ2v) is 7.04. The van der Waals surface area contributed by atoms with Crippen molar-refractivity contribution in [1.29, 1.82) is 0 Å². The van der Waals surface area contributed by atoms with Crippen molar-refractivity contribution in [2.75, 3.05) is 18.5 Å². The highest BCUT2D eigenvalue weighted by molar-refractivity contribution is 6.33. The zero-order chi connectivity index (χ0) is 22.1. The van der Waals surface area contributed by atoms with Gasteiger partial charge >= 0.3 is 5.97 Å². The molecule has 31 heavy (non-hydrogen) atoms. The lowest BCUT2D eigenvalue weighted by Gasteiger charge is -2.18. The third-order valence-corrected chi connectivity index (χ3v) is 4.90. The number of amides is 1. The van der Waals surface area contributed by atoms with Crippen molar-refractivity contribution in [3.8, 4) is 11.4 Å². The zero-order valence-electron chi connectivity index (χ0n) is 16.1. The van der Waals surface area contributed by atoms with E-state index in [0.717, 1.165) is 0 Å². The van der Waals surface area contributed by atoms with E-state index in [1.165, 1.54) is 41.1 Å². The predicted octanol–water partition coefficient (Wildman–Crippen LogP) is 3.34. The molecular formula is C21H15ClFN3O5. The van der Waals surface area contributed by atoms with Crippen LogP contribution < -0.4 is 10.1 Å². The second-order valence-electron chi connectivity index (χ2n) is 6.69. The summed E-state index contributed by atoms with van der Waals surface area (Å²) in [5, 5.41) is 6.78. The number of aromatic nitrogens is 2. The van der Waals surface area contributed by atoms with Crippen molar-refractivity contribution in [3.63, 3.8) is 0 Å². The lowest BCUT2D eigenvalue weighted by Crippen LogP contribution is -2.25. The summed E-state index contributed by atoms with van der Waals surface area (Å²) in [5.41, 5.74) is 1.36. The first-order chi connectivity index (χ1) is 14.8. The molecule has 0 spiro atoms. The van der Waals surface area contributed by atoms with E-state index in [2.05, 4.69) is 10.4 Å². The Kier molecular flexibility index (Phi) is 5.43. The molecule has 1 aliphatic heterocycles. The number of nitrogens with zero attached hydrogens (tertiary/aromatic N) is 2. The summed E-state index contributed by atoms with van der Waals surface area (Å²) >= 11 is 6.29. The van der Waals surface area contributed by atoms with Crippen LogP contribution in [0.4, 0.5) is 10.1 Å². The van der Waals surface area contributed by atoms with Crippen LogP contribution in [0.25, 0.3) is 5.69 Å². The van der Waals surface area contributed by atoms with Crippen molar-refractivity contribution in [2.24, 2.45) is 0 Å². The van der Waals surface area contributed by atoms with E-state index >= 15 is 0 Å². The first kappa shape index (κ1) is 20.5. The van der Waals surface area contributed by atoms with Crippen LogP contribution in [0.3, 0.4) is 0 Å². The number of rotatable bonds is 5. The number of aryl methyl sites for hydroxylation is 1. The van der Waals surface area contributed by atoms with Gasteiger partial charge in [0.25, 0.3) is 5.91 Å². The molecule has 4 rings (SSSR count). The summed E-state index contributed by atoms with van der Waals surface area (Å²) in [6.45, 7) is 0.935. The number of ether oxygens (including phenoxy) is 2. The maximum atomic E-state index is 13.1. The molecule has 3 aromatic rings. The number of hydrogen-bond donors (Lipinski definition) is 1. The van der Waals surface area contributed by atoms with Gasteiger partial charge in [0.15, 0.2) is 19.0 Å². The Balaban J connectivity index is 1.48. The number of benzene rings is 2. The summed E-state index contributed by atoms with van der Waals surface area (Å²) in [5.74, 6) is -1.60. The molecule has 8 nitrogen and oxygen atoms in total. The number of halogens is 2. The van der Waals surface area contributed by atoms with E-state index < -0.39 is 24.2 Å². The number of carbonyl (C=O) groups is 3. The number of anilines is 1. The smallest absolute Gasteiger partial charge is 0.343 e. The van der Waals surface area contributed by atoms with Gasteiger partial charge in [-0.25, -0.2) is 13.9 Å². The normalized spacial score (nSPS) is 12.5. The SMILES string of the molecule is Cc1nn(-c2ccc(F)cc2)c(Cl)c1C(=O)OCC(=O)c1ccc2c(c1)NC(=O)CO2. The van der Waals surface area contributed by atoms with Crippen molar-refractivity contribution in [1.82, 2.24) is 9.78 Å². The van der Waals surface area contributed by atoms with E-state index in [1.54, 1.807) is 13.0 Å². The van der Waals surface area contributed by atoms with Gasteiger partial charge in [-0.3, -0.25) is 9.59 Å². The number of carbonyl (C=O) groups excluding carboxylic acids is 3. The molecule has 1 N–H and O–H groups in total. The average molecular weight is 444 g/mol. The van der Waals surface area contributed by atoms with E-state index in [1.807, 2.05) is 0 Å². The van der Waals surface area contributed by atoms with Gasteiger partial charge < -0.3 is 14.8 Å². The van der Waals surface area contributed by atoms with Crippen LogP contribution in [0, 0.1) is 12.7 Å². The van der Waals surface area contributed by atoms with Gasteiger partial charge in [-0.15, -0.1) is 0 Å². The molecule has 158 valence electrons. The third kappa shape index (κ3) is 4.13. The van der Waals surface area contributed by atoms with Gasteiger partial charge in [0.2, 0.25) is 0 Å². The largest absolute Gasteiger partial charge is 0.482 e. The molecule has 0 saturated heterocycles. The highest BCUT2D eigenvalue weighted by atomic mass is 35.5. The highest BCUT2D eigenvalue weighted by Crippen LogP contribution is 2.29. The fraction of sp³-hybridized carbons (Fsp3) is 0.143. The van der Waals surface area contributed by atoms with E-state index in [0.29, 0.717) is 22.8 Å². The minimum absolute atomic E-state index is 0.00453. The maximum absolute atomic E-state index is 13.1. The Morgan fingerprint density at radius 2 is 2.00 bits per heavy atom. The molecule has 0 radical (unpaired) electrons. The first-order valence-electron chi connectivity index (χ1n) is 9.11. The lowest BCUT2D eigenvalue weighted by atomic mass is 10.1. The van der Waals surface area contributed by atoms with Gasteiger partial charge in [-0.2, -0.15) is 5.10 Å². The van der Waals surface area contributed by atoms with Gasteiger partial charge in [-0.1, -0.05) is 11.6 Å². The lowest BCUT2D eigenvalue weighted by molar-refractivity contribution is -0.118. The number of esters is 1. The maximum Gasteiger partial charge on any atom is 0.343 e. The van der Waals surface area contributed by atoms with Crippen LogP contribution >= 0.6 is 11.6 Å². The number of Topliss-reactive ketones (excluding diaryl/α,β-unsaturated/α-hetero) is 1. The van der Waals surface area contributed by atoms with Crippen LogP contribution in [0.15, 0.2) is 42.5 Å². The number of nitrogens with one attached hydrogen (secondary N) is 1. The molecule has 1 aromatic heterocycles.